The van der Waals surface area contributed by atoms with Crippen molar-refractivity contribution in [2.45, 2.75) is 68.9 Å². The number of ether oxygens (including phenoxy) is 1. The quantitative estimate of drug-likeness (QED) is 0.722. The van der Waals surface area contributed by atoms with Crippen molar-refractivity contribution in [1.82, 2.24) is 9.55 Å². The first-order chi connectivity index (χ1) is 14.2. The summed E-state index contributed by atoms with van der Waals surface area (Å²) < 4.78 is 8.68. The minimum Gasteiger partial charge on any atom is -0.481 e. The van der Waals surface area contributed by atoms with Gasteiger partial charge in [0, 0.05) is 31.5 Å². The van der Waals surface area contributed by atoms with E-state index in [4.69, 9.17) is 4.74 Å². The molecule has 0 aliphatic heterocycles. The molecule has 1 heterocycles. The van der Waals surface area contributed by atoms with E-state index >= 15 is 0 Å². The molecule has 3 saturated carbocycles. The third kappa shape index (κ3) is 3.73. The van der Waals surface area contributed by atoms with Gasteiger partial charge in [-0.15, -0.1) is 0 Å². The molecule has 0 bridgehead atoms. The summed E-state index contributed by atoms with van der Waals surface area (Å²) in [6.45, 7) is 1.72. The SMILES string of the molecule is O=C(O)C1(c2ccccc2)CCC(c2nccn2CC2CC2)CC1OCC1CC1. The van der Waals surface area contributed by atoms with Crippen LogP contribution in [0.25, 0.3) is 0 Å². The Morgan fingerprint density at radius 3 is 2.59 bits per heavy atom. The molecule has 0 radical (unpaired) electrons. The Hall–Kier alpha value is -2.14. The molecule has 3 atom stereocenters. The van der Waals surface area contributed by atoms with Crippen LogP contribution in [0.3, 0.4) is 0 Å². The third-order valence-electron chi connectivity index (χ3n) is 7.10. The molecule has 29 heavy (non-hydrogen) atoms. The summed E-state index contributed by atoms with van der Waals surface area (Å²) in [5.41, 5.74) is -0.103. The molecule has 0 amide bonds. The van der Waals surface area contributed by atoms with Crippen molar-refractivity contribution in [3.8, 4) is 0 Å². The fraction of sp³-hybridized carbons (Fsp3) is 0.583. The number of benzene rings is 1. The van der Waals surface area contributed by atoms with E-state index in [9.17, 15) is 9.90 Å². The molecule has 2 aromatic rings. The highest BCUT2D eigenvalue weighted by atomic mass is 16.5. The lowest BCUT2D eigenvalue weighted by atomic mass is 9.64. The van der Waals surface area contributed by atoms with Crippen LogP contribution in [0.2, 0.25) is 0 Å². The zero-order chi connectivity index (χ0) is 19.8. The minimum absolute atomic E-state index is 0.254. The second-order valence-corrected chi connectivity index (χ2v) is 9.26. The van der Waals surface area contributed by atoms with Crippen molar-refractivity contribution in [1.29, 1.82) is 0 Å². The average molecular weight is 395 g/mol. The van der Waals surface area contributed by atoms with Crippen molar-refractivity contribution < 1.29 is 14.6 Å². The first-order valence-corrected chi connectivity index (χ1v) is 11.1. The molecule has 5 rings (SSSR count). The Kier molecular flexibility index (Phi) is 4.94. The smallest absolute Gasteiger partial charge is 0.316 e. The van der Waals surface area contributed by atoms with Crippen LogP contribution in [0.1, 0.15) is 62.3 Å². The molecule has 154 valence electrons. The summed E-state index contributed by atoms with van der Waals surface area (Å²) in [5, 5.41) is 10.4. The molecule has 3 fully saturated rings. The summed E-state index contributed by atoms with van der Waals surface area (Å²) in [6, 6.07) is 9.73. The highest BCUT2D eigenvalue weighted by Gasteiger charge is 2.52. The number of carboxylic acid groups (broad SMARTS) is 1. The van der Waals surface area contributed by atoms with Crippen molar-refractivity contribution in [3.63, 3.8) is 0 Å². The highest BCUT2D eigenvalue weighted by molar-refractivity contribution is 5.82. The Morgan fingerprint density at radius 1 is 1.14 bits per heavy atom. The van der Waals surface area contributed by atoms with Crippen LogP contribution < -0.4 is 0 Å². The Labute approximate surface area is 172 Å². The zero-order valence-electron chi connectivity index (χ0n) is 16.9. The van der Waals surface area contributed by atoms with Crippen molar-refractivity contribution in [3.05, 3.63) is 54.1 Å². The maximum Gasteiger partial charge on any atom is 0.316 e. The molecular formula is C24H30N2O3. The average Bonchev–Trinajstić information content (AvgIpc) is 3.66. The van der Waals surface area contributed by atoms with Crippen LogP contribution in [0.4, 0.5) is 0 Å². The molecule has 3 unspecified atom stereocenters. The van der Waals surface area contributed by atoms with E-state index in [1.165, 1.54) is 25.7 Å². The molecule has 5 nitrogen and oxygen atoms in total. The van der Waals surface area contributed by atoms with Gasteiger partial charge in [-0.3, -0.25) is 4.79 Å². The number of aromatic nitrogens is 2. The second-order valence-electron chi connectivity index (χ2n) is 9.26. The van der Waals surface area contributed by atoms with Crippen molar-refractivity contribution in [2.24, 2.45) is 11.8 Å². The van der Waals surface area contributed by atoms with Crippen LogP contribution in [-0.4, -0.2) is 33.3 Å². The molecule has 1 aromatic heterocycles. The van der Waals surface area contributed by atoms with E-state index in [2.05, 4.69) is 15.7 Å². The molecule has 1 N–H and O–H groups in total. The summed E-state index contributed by atoms with van der Waals surface area (Å²) in [7, 11) is 0. The van der Waals surface area contributed by atoms with Crippen molar-refractivity contribution in [2.75, 3.05) is 6.61 Å². The Morgan fingerprint density at radius 2 is 1.90 bits per heavy atom. The van der Waals surface area contributed by atoms with Gasteiger partial charge in [-0.1, -0.05) is 30.3 Å². The molecule has 0 spiro atoms. The first-order valence-electron chi connectivity index (χ1n) is 11.1. The lowest BCUT2D eigenvalue weighted by Gasteiger charge is -2.43. The fourth-order valence-electron chi connectivity index (χ4n) is 4.97. The maximum atomic E-state index is 12.7. The Bertz CT molecular complexity index is 856. The number of carbonyl (C=O) groups is 1. The number of aliphatic carboxylic acids is 1. The third-order valence-corrected chi connectivity index (χ3v) is 7.10. The maximum absolute atomic E-state index is 12.7. The van der Waals surface area contributed by atoms with Gasteiger partial charge in [0.05, 0.1) is 6.10 Å². The molecular weight excluding hydrogens is 364 g/mol. The van der Waals surface area contributed by atoms with E-state index in [0.29, 0.717) is 18.9 Å². The summed E-state index contributed by atoms with van der Waals surface area (Å²) >= 11 is 0. The first kappa shape index (κ1) is 18.9. The van der Waals surface area contributed by atoms with Gasteiger partial charge in [0.25, 0.3) is 0 Å². The van der Waals surface area contributed by atoms with Crippen molar-refractivity contribution >= 4 is 5.97 Å². The van der Waals surface area contributed by atoms with Gasteiger partial charge in [0.15, 0.2) is 0 Å². The van der Waals surface area contributed by atoms with Gasteiger partial charge in [0.2, 0.25) is 0 Å². The van der Waals surface area contributed by atoms with Crippen LogP contribution in [0, 0.1) is 11.8 Å². The van der Waals surface area contributed by atoms with E-state index in [0.717, 1.165) is 36.7 Å². The van der Waals surface area contributed by atoms with E-state index in [-0.39, 0.29) is 12.0 Å². The second kappa shape index (κ2) is 7.60. The van der Waals surface area contributed by atoms with Crippen LogP contribution in [-0.2, 0) is 21.5 Å². The van der Waals surface area contributed by atoms with Gasteiger partial charge in [-0.05, 0) is 62.3 Å². The predicted molar refractivity (Wildman–Crippen MR) is 110 cm³/mol. The summed E-state index contributed by atoms with van der Waals surface area (Å²) in [5.74, 6) is 2.00. The fourth-order valence-corrected chi connectivity index (χ4v) is 4.97. The topological polar surface area (TPSA) is 64.3 Å². The van der Waals surface area contributed by atoms with Gasteiger partial charge >= 0.3 is 5.97 Å². The molecule has 0 saturated heterocycles. The lowest BCUT2D eigenvalue weighted by Crippen LogP contribution is -2.51. The number of hydrogen-bond acceptors (Lipinski definition) is 3. The van der Waals surface area contributed by atoms with Gasteiger partial charge < -0.3 is 14.4 Å². The highest BCUT2D eigenvalue weighted by Crippen LogP contribution is 2.47. The van der Waals surface area contributed by atoms with Crippen LogP contribution in [0.15, 0.2) is 42.7 Å². The number of nitrogens with zero attached hydrogens (tertiary/aromatic N) is 2. The van der Waals surface area contributed by atoms with Crippen LogP contribution in [0.5, 0.6) is 0 Å². The normalized spacial score (nSPS) is 29.7. The number of rotatable bonds is 8. The van der Waals surface area contributed by atoms with E-state index < -0.39 is 11.4 Å². The minimum atomic E-state index is -0.972. The number of carboxylic acids is 1. The zero-order valence-corrected chi connectivity index (χ0v) is 16.9. The Balaban J connectivity index is 1.44. The summed E-state index contributed by atoms with van der Waals surface area (Å²) in [4.78, 5) is 17.3. The van der Waals surface area contributed by atoms with E-state index in [1.54, 1.807) is 0 Å². The number of hydrogen-bond donors (Lipinski definition) is 1. The van der Waals surface area contributed by atoms with Gasteiger partial charge in [0.1, 0.15) is 11.2 Å². The van der Waals surface area contributed by atoms with Gasteiger partial charge in [-0.2, -0.15) is 0 Å². The standard InChI is InChI=1S/C24H30N2O3/c27-23(28)24(20-4-2-1-3-5-20)11-10-19(14-21(24)29-16-18-8-9-18)22-25-12-13-26(22)15-17-6-7-17/h1-5,12-13,17-19,21H,6-11,14-16H2,(H,27,28). The van der Waals surface area contributed by atoms with Crippen LogP contribution >= 0.6 is 0 Å². The lowest BCUT2D eigenvalue weighted by molar-refractivity contribution is -0.155. The molecule has 3 aliphatic carbocycles. The van der Waals surface area contributed by atoms with Gasteiger partial charge in [-0.25, -0.2) is 4.98 Å². The monoisotopic (exact) mass is 394 g/mol. The molecule has 1 aromatic carbocycles. The number of imidazole rings is 1. The summed E-state index contributed by atoms with van der Waals surface area (Å²) in [6.07, 6.45) is 10.8. The van der Waals surface area contributed by atoms with E-state index in [1.807, 2.05) is 36.5 Å². The predicted octanol–water partition coefficient (Wildman–Crippen LogP) is 4.38. The molecule has 5 heteroatoms. The molecule has 3 aliphatic rings. The largest absolute Gasteiger partial charge is 0.481 e.